The minimum atomic E-state index is -1.39. The van der Waals surface area contributed by atoms with Crippen LogP contribution in [0.1, 0.15) is 25.7 Å². The number of aliphatic carboxylic acids is 1. The van der Waals surface area contributed by atoms with E-state index in [1.54, 1.807) is 0 Å². The lowest BCUT2D eigenvalue weighted by molar-refractivity contribution is -0.150. The Kier molecular flexibility index (Phi) is 2.15. The van der Waals surface area contributed by atoms with Crippen LogP contribution in [0.5, 0.6) is 0 Å². The van der Waals surface area contributed by atoms with E-state index >= 15 is 0 Å². The first-order chi connectivity index (χ1) is 5.07. The minimum absolute atomic E-state index is 0.378. The fourth-order valence-corrected chi connectivity index (χ4v) is 1.43. The number of carboxylic acid groups (broad SMARTS) is 1. The molecule has 0 spiro atoms. The van der Waals surface area contributed by atoms with Crippen molar-refractivity contribution in [3.05, 3.63) is 0 Å². The fourth-order valence-electron chi connectivity index (χ4n) is 1.43. The van der Waals surface area contributed by atoms with Gasteiger partial charge in [-0.05, 0) is 12.8 Å². The van der Waals surface area contributed by atoms with Crippen LogP contribution in [0.3, 0.4) is 0 Å². The molecular formula is C7H13NO3. The first kappa shape index (κ1) is 8.49. The van der Waals surface area contributed by atoms with Crippen LogP contribution in [0.2, 0.25) is 0 Å². The van der Waals surface area contributed by atoms with E-state index in [2.05, 4.69) is 0 Å². The van der Waals surface area contributed by atoms with E-state index in [4.69, 9.17) is 10.8 Å². The molecule has 0 aliphatic heterocycles. The predicted molar refractivity (Wildman–Crippen MR) is 39.0 cm³/mol. The van der Waals surface area contributed by atoms with Crippen LogP contribution >= 0.6 is 0 Å². The third-order valence-corrected chi connectivity index (χ3v) is 2.31. The summed E-state index contributed by atoms with van der Waals surface area (Å²) in [5.41, 5.74) is 4.11. The van der Waals surface area contributed by atoms with E-state index in [0.717, 1.165) is 12.8 Å². The average molecular weight is 159 g/mol. The van der Waals surface area contributed by atoms with Crippen LogP contribution in [-0.2, 0) is 4.79 Å². The van der Waals surface area contributed by atoms with Gasteiger partial charge in [0, 0.05) is 0 Å². The van der Waals surface area contributed by atoms with Crippen molar-refractivity contribution in [2.24, 2.45) is 5.73 Å². The fraction of sp³-hybridized carbons (Fsp3) is 0.857. The smallest absolute Gasteiger partial charge is 0.326 e. The quantitative estimate of drug-likeness (QED) is 0.490. The summed E-state index contributed by atoms with van der Waals surface area (Å²) < 4.78 is 0. The predicted octanol–water partition coefficient (Wildman–Crippen LogP) is -0.297. The third-order valence-electron chi connectivity index (χ3n) is 2.31. The standard InChI is InChI=1S/C7H13NO3/c8-7(6(10)11)4-2-1-3-5(7)9/h5,9H,1-4,8H2,(H,10,11)/t5-,7+/m1/s1. The molecule has 2 atom stereocenters. The van der Waals surface area contributed by atoms with E-state index in [1.165, 1.54) is 0 Å². The van der Waals surface area contributed by atoms with Gasteiger partial charge in [0.25, 0.3) is 0 Å². The molecule has 0 radical (unpaired) electrons. The molecule has 64 valence electrons. The van der Waals surface area contributed by atoms with Gasteiger partial charge in [-0.3, -0.25) is 4.79 Å². The number of hydrogen-bond donors (Lipinski definition) is 3. The van der Waals surface area contributed by atoms with Crippen molar-refractivity contribution in [1.82, 2.24) is 0 Å². The van der Waals surface area contributed by atoms with Crippen molar-refractivity contribution in [3.63, 3.8) is 0 Å². The summed E-state index contributed by atoms with van der Waals surface area (Å²) in [7, 11) is 0. The Morgan fingerprint density at radius 1 is 1.55 bits per heavy atom. The van der Waals surface area contributed by atoms with Gasteiger partial charge in [0.15, 0.2) is 0 Å². The van der Waals surface area contributed by atoms with Gasteiger partial charge in [0.05, 0.1) is 6.10 Å². The van der Waals surface area contributed by atoms with Crippen molar-refractivity contribution >= 4 is 5.97 Å². The van der Waals surface area contributed by atoms with Crippen LogP contribution in [0.4, 0.5) is 0 Å². The largest absolute Gasteiger partial charge is 0.480 e. The van der Waals surface area contributed by atoms with E-state index in [9.17, 15) is 9.90 Å². The second-order valence-corrected chi connectivity index (χ2v) is 3.11. The molecule has 1 fully saturated rings. The third kappa shape index (κ3) is 1.36. The highest BCUT2D eigenvalue weighted by molar-refractivity contribution is 5.79. The Labute approximate surface area is 65.0 Å². The van der Waals surface area contributed by atoms with Gasteiger partial charge in [0.2, 0.25) is 0 Å². The Balaban J connectivity index is 2.72. The van der Waals surface area contributed by atoms with Gasteiger partial charge < -0.3 is 15.9 Å². The number of aliphatic hydroxyl groups excluding tert-OH is 1. The van der Waals surface area contributed by atoms with Crippen LogP contribution < -0.4 is 5.73 Å². The van der Waals surface area contributed by atoms with Crippen molar-refractivity contribution in [2.75, 3.05) is 0 Å². The summed E-state index contributed by atoms with van der Waals surface area (Å²) in [6.07, 6.45) is 1.66. The zero-order chi connectivity index (χ0) is 8.48. The molecule has 11 heavy (non-hydrogen) atoms. The number of hydrogen-bond acceptors (Lipinski definition) is 3. The zero-order valence-electron chi connectivity index (χ0n) is 6.29. The Morgan fingerprint density at radius 2 is 2.18 bits per heavy atom. The van der Waals surface area contributed by atoms with Crippen molar-refractivity contribution in [1.29, 1.82) is 0 Å². The lowest BCUT2D eigenvalue weighted by Crippen LogP contribution is -2.58. The molecule has 1 aliphatic rings. The van der Waals surface area contributed by atoms with E-state index in [1.807, 2.05) is 0 Å². The SMILES string of the molecule is N[C@@]1(C(=O)O)CCCC[C@H]1O. The van der Waals surface area contributed by atoms with E-state index in [-0.39, 0.29) is 0 Å². The molecule has 1 saturated carbocycles. The number of nitrogens with two attached hydrogens (primary N) is 1. The number of rotatable bonds is 1. The molecule has 1 rings (SSSR count). The number of carboxylic acids is 1. The molecule has 1 aliphatic carbocycles. The Morgan fingerprint density at radius 3 is 2.55 bits per heavy atom. The maximum Gasteiger partial charge on any atom is 0.326 e. The minimum Gasteiger partial charge on any atom is -0.480 e. The van der Waals surface area contributed by atoms with Gasteiger partial charge in [-0.2, -0.15) is 0 Å². The second kappa shape index (κ2) is 2.79. The van der Waals surface area contributed by atoms with Gasteiger partial charge >= 0.3 is 5.97 Å². The van der Waals surface area contributed by atoms with Crippen molar-refractivity contribution in [2.45, 2.75) is 37.3 Å². The summed E-state index contributed by atoms with van der Waals surface area (Å²) in [6.45, 7) is 0. The molecule has 0 unspecified atom stereocenters. The highest BCUT2D eigenvalue weighted by Crippen LogP contribution is 2.26. The summed E-state index contributed by atoms with van der Waals surface area (Å²) >= 11 is 0. The molecule has 0 amide bonds. The van der Waals surface area contributed by atoms with Crippen LogP contribution in [0, 0.1) is 0 Å². The maximum absolute atomic E-state index is 10.6. The highest BCUT2D eigenvalue weighted by Gasteiger charge is 2.42. The molecule has 0 aromatic heterocycles. The van der Waals surface area contributed by atoms with E-state index in [0.29, 0.717) is 12.8 Å². The lowest BCUT2D eigenvalue weighted by Gasteiger charge is -2.33. The Hall–Kier alpha value is -0.610. The summed E-state index contributed by atoms with van der Waals surface area (Å²) in [4.78, 5) is 10.6. The molecule has 0 saturated heterocycles. The summed E-state index contributed by atoms with van der Waals surface area (Å²) in [6, 6.07) is 0. The zero-order valence-corrected chi connectivity index (χ0v) is 6.29. The monoisotopic (exact) mass is 159 g/mol. The maximum atomic E-state index is 10.6. The van der Waals surface area contributed by atoms with Crippen LogP contribution in [-0.4, -0.2) is 27.8 Å². The van der Waals surface area contributed by atoms with Crippen molar-refractivity contribution < 1.29 is 15.0 Å². The lowest BCUT2D eigenvalue weighted by atomic mass is 9.80. The number of aliphatic hydroxyl groups is 1. The highest BCUT2D eigenvalue weighted by atomic mass is 16.4. The Bertz CT molecular complexity index is 171. The van der Waals surface area contributed by atoms with Crippen LogP contribution in [0.15, 0.2) is 0 Å². The molecule has 4 nitrogen and oxygen atoms in total. The topological polar surface area (TPSA) is 83.6 Å². The molecule has 4 N–H and O–H groups in total. The molecule has 0 bridgehead atoms. The summed E-state index contributed by atoms with van der Waals surface area (Å²) in [5, 5.41) is 18.0. The van der Waals surface area contributed by atoms with Gasteiger partial charge in [-0.1, -0.05) is 12.8 Å². The van der Waals surface area contributed by atoms with Crippen molar-refractivity contribution in [3.8, 4) is 0 Å². The van der Waals surface area contributed by atoms with E-state index < -0.39 is 17.6 Å². The number of carbonyl (C=O) groups is 1. The second-order valence-electron chi connectivity index (χ2n) is 3.11. The first-order valence-electron chi connectivity index (χ1n) is 3.78. The van der Waals surface area contributed by atoms with Crippen LogP contribution in [0.25, 0.3) is 0 Å². The normalized spacial score (nSPS) is 38.5. The molecule has 0 aromatic rings. The molecule has 4 heteroatoms. The molecule has 0 aromatic carbocycles. The van der Waals surface area contributed by atoms with Gasteiger partial charge in [-0.25, -0.2) is 0 Å². The molecular weight excluding hydrogens is 146 g/mol. The average Bonchev–Trinajstić information content (AvgIpc) is 1.95. The van der Waals surface area contributed by atoms with Gasteiger partial charge in [0.1, 0.15) is 5.54 Å². The first-order valence-corrected chi connectivity index (χ1v) is 3.78. The molecule has 0 heterocycles. The summed E-state index contributed by atoms with van der Waals surface area (Å²) in [5.74, 6) is -1.09. The van der Waals surface area contributed by atoms with Gasteiger partial charge in [-0.15, -0.1) is 0 Å².